The number of hydrogen-bond acceptors (Lipinski definition) is 4. The molecule has 1 amide bonds. The first kappa shape index (κ1) is 30.0. The number of unbranched alkanes of at least 4 members (excludes halogenated alkanes) is 2. The lowest BCUT2D eigenvalue weighted by Crippen LogP contribution is -2.46. The summed E-state index contributed by atoms with van der Waals surface area (Å²) in [5.41, 5.74) is 1.84. The van der Waals surface area contributed by atoms with Gasteiger partial charge in [0.2, 0.25) is 5.91 Å². The van der Waals surface area contributed by atoms with E-state index in [1.54, 1.807) is 6.92 Å². The first-order chi connectivity index (χ1) is 16.9. The molecule has 0 bridgehead atoms. The standard InChI is InChI=1S/C30H49N3O3/c1-9-30(8)18-28(36)33(17-13-12-16-32-19-22(3)31-20-32)29(30)25(6)27(35)15-11-10-14-21(2)23(4)24(5)26(7)34/h19-21,24-25,29H,4,9-18H2,1-3,5-8H3/t21-,24?,25?,29?,30?/m1/s1. The number of rotatable bonds is 16. The molecule has 1 aliphatic rings. The maximum atomic E-state index is 13.3. The normalized spacial score (nSPS) is 22.5. The van der Waals surface area contributed by atoms with Crippen LogP contribution in [0.3, 0.4) is 0 Å². The summed E-state index contributed by atoms with van der Waals surface area (Å²) < 4.78 is 2.10. The fourth-order valence-corrected chi connectivity index (χ4v) is 5.75. The van der Waals surface area contributed by atoms with Gasteiger partial charge in [0.25, 0.3) is 0 Å². The van der Waals surface area contributed by atoms with Crippen LogP contribution in [0.2, 0.25) is 0 Å². The second-order valence-electron chi connectivity index (χ2n) is 11.5. The molecule has 202 valence electrons. The minimum absolute atomic E-state index is 0.0342. The number of allylic oxidation sites excluding steroid dienone is 1. The average Bonchev–Trinajstić information content (AvgIpc) is 3.37. The molecular weight excluding hydrogens is 450 g/mol. The van der Waals surface area contributed by atoms with Gasteiger partial charge in [-0.15, -0.1) is 0 Å². The summed E-state index contributed by atoms with van der Waals surface area (Å²) in [5, 5.41) is 0. The molecular formula is C30H49N3O3. The van der Waals surface area contributed by atoms with E-state index in [0.29, 0.717) is 19.4 Å². The van der Waals surface area contributed by atoms with Gasteiger partial charge in [0, 0.05) is 50.0 Å². The average molecular weight is 500 g/mol. The molecule has 1 saturated heterocycles. The van der Waals surface area contributed by atoms with E-state index in [9.17, 15) is 14.4 Å². The van der Waals surface area contributed by atoms with Gasteiger partial charge in [-0.25, -0.2) is 4.98 Å². The summed E-state index contributed by atoms with van der Waals surface area (Å²) in [6, 6.07) is -0.0342. The third-order valence-corrected chi connectivity index (χ3v) is 8.65. The van der Waals surface area contributed by atoms with Crippen molar-refractivity contribution in [3.05, 3.63) is 30.4 Å². The monoisotopic (exact) mass is 499 g/mol. The second kappa shape index (κ2) is 13.3. The highest BCUT2D eigenvalue weighted by molar-refractivity contribution is 5.85. The van der Waals surface area contributed by atoms with Crippen molar-refractivity contribution in [1.29, 1.82) is 0 Å². The van der Waals surface area contributed by atoms with Crippen LogP contribution in [0.1, 0.15) is 98.6 Å². The Morgan fingerprint density at radius 1 is 1.17 bits per heavy atom. The van der Waals surface area contributed by atoms with Gasteiger partial charge in [0.1, 0.15) is 11.6 Å². The van der Waals surface area contributed by atoms with E-state index in [1.165, 1.54) is 0 Å². The first-order valence-corrected chi connectivity index (χ1v) is 13.9. The molecule has 0 N–H and O–H groups in total. The molecule has 5 atom stereocenters. The first-order valence-electron chi connectivity index (χ1n) is 13.9. The predicted molar refractivity (Wildman–Crippen MR) is 146 cm³/mol. The number of aromatic nitrogens is 2. The Morgan fingerprint density at radius 3 is 2.42 bits per heavy atom. The molecule has 6 heteroatoms. The highest BCUT2D eigenvalue weighted by Gasteiger charge is 2.50. The summed E-state index contributed by atoms with van der Waals surface area (Å²) in [6.07, 6.45) is 10.5. The van der Waals surface area contributed by atoms with E-state index in [1.807, 2.05) is 38.2 Å². The largest absolute Gasteiger partial charge is 0.338 e. The third-order valence-electron chi connectivity index (χ3n) is 8.65. The van der Waals surface area contributed by atoms with Gasteiger partial charge in [-0.3, -0.25) is 14.4 Å². The molecule has 0 aliphatic carbocycles. The van der Waals surface area contributed by atoms with Crippen LogP contribution in [-0.2, 0) is 20.9 Å². The molecule has 36 heavy (non-hydrogen) atoms. The van der Waals surface area contributed by atoms with Gasteiger partial charge >= 0.3 is 0 Å². The number of ketones is 2. The van der Waals surface area contributed by atoms with Gasteiger partial charge < -0.3 is 9.47 Å². The van der Waals surface area contributed by atoms with E-state index < -0.39 is 0 Å². The molecule has 1 aromatic heterocycles. The third kappa shape index (κ3) is 7.63. The van der Waals surface area contributed by atoms with Crippen molar-refractivity contribution in [2.24, 2.45) is 23.2 Å². The zero-order chi connectivity index (χ0) is 27.0. The molecule has 0 saturated carbocycles. The Morgan fingerprint density at radius 2 is 1.83 bits per heavy atom. The van der Waals surface area contributed by atoms with Crippen molar-refractivity contribution >= 4 is 17.5 Å². The fourth-order valence-electron chi connectivity index (χ4n) is 5.75. The maximum absolute atomic E-state index is 13.3. The number of carbonyl (C=O) groups excluding carboxylic acids is 3. The number of amides is 1. The van der Waals surface area contributed by atoms with Crippen LogP contribution in [0.4, 0.5) is 0 Å². The van der Waals surface area contributed by atoms with E-state index >= 15 is 0 Å². The number of aryl methyl sites for hydroxylation is 2. The minimum atomic E-state index is -0.164. The van der Waals surface area contributed by atoms with Crippen molar-refractivity contribution in [3.8, 4) is 0 Å². The van der Waals surface area contributed by atoms with Crippen molar-refractivity contribution in [2.75, 3.05) is 6.54 Å². The number of hydrogen-bond donors (Lipinski definition) is 0. The lowest BCUT2D eigenvalue weighted by atomic mass is 9.73. The zero-order valence-corrected chi connectivity index (χ0v) is 23.8. The number of imidazole rings is 1. The van der Waals surface area contributed by atoms with Crippen molar-refractivity contribution in [3.63, 3.8) is 0 Å². The van der Waals surface area contributed by atoms with E-state index in [0.717, 1.165) is 56.3 Å². The Labute approximate surface area is 218 Å². The van der Waals surface area contributed by atoms with Gasteiger partial charge in [0.05, 0.1) is 12.0 Å². The number of Topliss-reactive ketones (excluding diaryl/α,β-unsaturated/α-hetero) is 2. The quantitative estimate of drug-likeness (QED) is 0.201. The summed E-state index contributed by atoms with van der Waals surface area (Å²) in [7, 11) is 0. The summed E-state index contributed by atoms with van der Waals surface area (Å²) in [4.78, 5) is 44.2. The smallest absolute Gasteiger partial charge is 0.223 e. The zero-order valence-electron chi connectivity index (χ0n) is 23.8. The van der Waals surface area contributed by atoms with E-state index in [2.05, 4.69) is 36.9 Å². The van der Waals surface area contributed by atoms with E-state index in [-0.39, 0.29) is 46.7 Å². The molecule has 4 unspecified atom stereocenters. The molecule has 6 nitrogen and oxygen atoms in total. The molecule has 1 aliphatic heterocycles. The maximum Gasteiger partial charge on any atom is 0.223 e. The second-order valence-corrected chi connectivity index (χ2v) is 11.5. The molecule has 0 spiro atoms. The fraction of sp³-hybridized carbons (Fsp3) is 0.733. The van der Waals surface area contributed by atoms with Crippen LogP contribution in [0.15, 0.2) is 24.7 Å². The SMILES string of the molecule is C=C(C(C)C(C)=O)[C@H](C)CCCCC(=O)C(C)C1N(CCCCn2cnc(C)c2)C(=O)CC1(C)CC. The van der Waals surface area contributed by atoms with Crippen molar-refractivity contribution < 1.29 is 14.4 Å². The molecule has 2 rings (SSSR count). The van der Waals surface area contributed by atoms with Gasteiger partial charge in [-0.05, 0) is 57.3 Å². The number of likely N-dealkylation sites (tertiary alicyclic amines) is 1. The molecule has 2 heterocycles. The number of carbonyl (C=O) groups is 3. The molecule has 0 radical (unpaired) electrons. The Bertz CT molecular complexity index is 920. The van der Waals surface area contributed by atoms with Gasteiger partial charge in [-0.1, -0.05) is 53.2 Å². The van der Waals surface area contributed by atoms with Crippen LogP contribution in [-0.4, -0.2) is 44.5 Å². The van der Waals surface area contributed by atoms with Crippen LogP contribution < -0.4 is 0 Å². The Balaban J connectivity index is 1.90. The highest BCUT2D eigenvalue weighted by atomic mass is 16.2. The molecule has 0 aromatic carbocycles. The highest BCUT2D eigenvalue weighted by Crippen LogP contribution is 2.44. The van der Waals surface area contributed by atoms with Gasteiger partial charge in [0.15, 0.2) is 0 Å². The van der Waals surface area contributed by atoms with Crippen LogP contribution in [0.25, 0.3) is 0 Å². The Hall–Kier alpha value is -2.24. The Kier molecular flexibility index (Phi) is 11.1. The molecule has 1 fully saturated rings. The predicted octanol–water partition coefficient (Wildman–Crippen LogP) is 6.17. The summed E-state index contributed by atoms with van der Waals surface area (Å²) >= 11 is 0. The topological polar surface area (TPSA) is 72.3 Å². The minimum Gasteiger partial charge on any atom is -0.338 e. The lowest BCUT2D eigenvalue weighted by Gasteiger charge is -2.38. The van der Waals surface area contributed by atoms with E-state index in [4.69, 9.17) is 0 Å². The number of nitrogens with zero attached hydrogens (tertiary/aromatic N) is 3. The lowest BCUT2D eigenvalue weighted by molar-refractivity contribution is -0.131. The van der Waals surface area contributed by atoms with Crippen molar-refractivity contribution in [1.82, 2.24) is 14.5 Å². The van der Waals surface area contributed by atoms with Crippen LogP contribution in [0, 0.1) is 30.1 Å². The van der Waals surface area contributed by atoms with Crippen molar-refractivity contribution in [2.45, 2.75) is 112 Å². The van der Waals surface area contributed by atoms with Gasteiger partial charge in [-0.2, -0.15) is 0 Å². The summed E-state index contributed by atoms with van der Waals surface area (Å²) in [5.74, 6) is 0.605. The van der Waals surface area contributed by atoms with Crippen LogP contribution in [0.5, 0.6) is 0 Å². The molecule has 1 aromatic rings. The summed E-state index contributed by atoms with van der Waals surface area (Å²) in [6.45, 7) is 19.7. The van der Waals surface area contributed by atoms with Crippen LogP contribution >= 0.6 is 0 Å².